The lowest BCUT2D eigenvalue weighted by Gasteiger charge is -2.06. The summed E-state index contributed by atoms with van der Waals surface area (Å²) in [5.74, 6) is 1.13. The van der Waals surface area contributed by atoms with Crippen molar-refractivity contribution in [3.8, 4) is 23.0 Å². The van der Waals surface area contributed by atoms with Crippen LogP contribution < -0.4 is 10.5 Å². The fourth-order valence-corrected chi connectivity index (χ4v) is 1.73. The van der Waals surface area contributed by atoms with Gasteiger partial charge in [0.05, 0.1) is 11.4 Å². The Morgan fingerprint density at radius 1 is 1.05 bits per heavy atom. The zero-order chi connectivity index (χ0) is 13.1. The molecule has 0 aliphatic carbocycles. The SMILES string of the molecule is Nc1cccc(Oc2cc(-c3ccc[nH]3)ncn2)c1. The molecule has 0 aliphatic heterocycles. The van der Waals surface area contributed by atoms with E-state index in [4.69, 9.17) is 10.5 Å². The smallest absolute Gasteiger partial charge is 0.222 e. The van der Waals surface area contributed by atoms with Gasteiger partial charge in [0, 0.05) is 24.0 Å². The molecule has 0 aliphatic rings. The molecular weight excluding hydrogens is 240 g/mol. The summed E-state index contributed by atoms with van der Waals surface area (Å²) in [6.45, 7) is 0. The average Bonchev–Trinajstić information content (AvgIpc) is 2.93. The Hall–Kier alpha value is -2.82. The molecule has 0 spiro atoms. The Bertz CT molecular complexity index is 679. The first-order valence-electron chi connectivity index (χ1n) is 5.80. The number of benzene rings is 1. The van der Waals surface area contributed by atoms with Gasteiger partial charge in [-0.3, -0.25) is 0 Å². The van der Waals surface area contributed by atoms with Crippen LogP contribution in [0.25, 0.3) is 11.4 Å². The number of ether oxygens (including phenoxy) is 1. The van der Waals surface area contributed by atoms with E-state index in [2.05, 4.69) is 15.0 Å². The number of H-pyrrole nitrogens is 1. The first-order valence-corrected chi connectivity index (χ1v) is 5.80. The number of nitrogens with two attached hydrogens (primary N) is 1. The maximum absolute atomic E-state index is 5.70. The number of nitrogen functional groups attached to an aromatic ring is 1. The molecule has 3 aromatic rings. The van der Waals surface area contributed by atoms with Crippen LogP contribution in [0.2, 0.25) is 0 Å². The number of nitrogens with zero attached hydrogens (tertiary/aromatic N) is 2. The number of hydrogen-bond acceptors (Lipinski definition) is 4. The molecule has 0 saturated carbocycles. The van der Waals surface area contributed by atoms with Crippen molar-refractivity contribution >= 4 is 5.69 Å². The predicted octanol–water partition coefficient (Wildman–Crippen LogP) is 2.85. The lowest BCUT2D eigenvalue weighted by Crippen LogP contribution is -1.92. The fraction of sp³-hybridized carbons (Fsp3) is 0. The summed E-state index contributed by atoms with van der Waals surface area (Å²) in [6, 6.07) is 12.8. The summed E-state index contributed by atoms with van der Waals surface area (Å²) in [4.78, 5) is 11.4. The van der Waals surface area contributed by atoms with E-state index < -0.39 is 0 Å². The van der Waals surface area contributed by atoms with Crippen molar-refractivity contribution in [3.63, 3.8) is 0 Å². The summed E-state index contributed by atoms with van der Waals surface area (Å²) in [7, 11) is 0. The molecule has 0 bridgehead atoms. The molecule has 0 saturated heterocycles. The summed E-state index contributed by atoms with van der Waals surface area (Å²) in [6.07, 6.45) is 3.31. The second-order valence-electron chi connectivity index (χ2n) is 4.00. The number of rotatable bonds is 3. The lowest BCUT2D eigenvalue weighted by atomic mass is 10.3. The monoisotopic (exact) mass is 252 g/mol. The molecule has 19 heavy (non-hydrogen) atoms. The molecule has 5 nitrogen and oxygen atoms in total. The van der Waals surface area contributed by atoms with Crippen LogP contribution in [0.4, 0.5) is 5.69 Å². The van der Waals surface area contributed by atoms with Gasteiger partial charge in [-0.25, -0.2) is 9.97 Å². The molecule has 2 heterocycles. The molecule has 5 heteroatoms. The standard InChI is InChI=1S/C14H12N4O/c15-10-3-1-4-11(7-10)19-14-8-13(17-9-18-14)12-5-2-6-16-12/h1-9,16H,15H2. The van der Waals surface area contributed by atoms with Gasteiger partial charge in [0.2, 0.25) is 5.88 Å². The third-order valence-corrected chi connectivity index (χ3v) is 2.60. The largest absolute Gasteiger partial charge is 0.439 e. The van der Waals surface area contributed by atoms with Gasteiger partial charge < -0.3 is 15.5 Å². The normalized spacial score (nSPS) is 10.3. The molecule has 94 valence electrons. The van der Waals surface area contributed by atoms with Crippen LogP contribution in [0.15, 0.2) is 55.0 Å². The van der Waals surface area contributed by atoms with Crippen molar-refractivity contribution in [2.45, 2.75) is 0 Å². The minimum atomic E-state index is 0.477. The molecule has 1 aromatic carbocycles. The van der Waals surface area contributed by atoms with E-state index in [1.165, 1.54) is 6.33 Å². The second-order valence-corrected chi connectivity index (χ2v) is 4.00. The fourth-order valence-electron chi connectivity index (χ4n) is 1.73. The quantitative estimate of drug-likeness (QED) is 0.703. The van der Waals surface area contributed by atoms with Crippen LogP contribution in [0, 0.1) is 0 Å². The Labute approximate surface area is 110 Å². The number of hydrogen-bond donors (Lipinski definition) is 2. The third kappa shape index (κ3) is 2.55. The van der Waals surface area contributed by atoms with Crippen molar-refractivity contribution in [2.24, 2.45) is 0 Å². The average molecular weight is 252 g/mol. The van der Waals surface area contributed by atoms with Gasteiger partial charge >= 0.3 is 0 Å². The van der Waals surface area contributed by atoms with Gasteiger partial charge in [-0.15, -0.1) is 0 Å². The van der Waals surface area contributed by atoms with E-state index in [0.717, 1.165) is 11.4 Å². The topological polar surface area (TPSA) is 76.8 Å². The first-order chi connectivity index (χ1) is 9.31. The van der Waals surface area contributed by atoms with Gasteiger partial charge in [-0.2, -0.15) is 0 Å². The summed E-state index contributed by atoms with van der Waals surface area (Å²) in [5.41, 5.74) is 8.04. The second kappa shape index (κ2) is 4.81. The van der Waals surface area contributed by atoms with Gasteiger partial charge in [0.1, 0.15) is 12.1 Å². The van der Waals surface area contributed by atoms with E-state index in [9.17, 15) is 0 Å². The van der Waals surface area contributed by atoms with Gasteiger partial charge in [-0.1, -0.05) is 6.07 Å². The Morgan fingerprint density at radius 3 is 2.79 bits per heavy atom. The van der Waals surface area contributed by atoms with Crippen molar-refractivity contribution in [3.05, 3.63) is 55.0 Å². The van der Waals surface area contributed by atoms with E-state index >= 15 is 0 Å². The highest BCUT2D eigenvalue weighted by Crippen LogP contribution is 2.23. The maximum atomic E-state index is 5.70. The summed E-state index contributed by atoms with van der Waals surface area (Å²) in [5, 5.41) is 0. The zero-order valence-corrected chi connectivity index (χ0v) is 10.1. The summed E-state index contributed by atoms with van der Waals surface area (Å²) < 4.78 is 5.65. The van der Waals surface area contributed by atoms with Gasteiger partial charge in [-0.05, 0) is 24.3 Å². The van der Waals surface area contributed by atoms with Crippen molar-refractivity contribution in [2.75, 3.05) is 5.73 Å². The summed E-state index contributed by atoms with van der Waals surface area (Å²) >= 11 is 0. The molecule has 3 N–H and O–H groups in total. The van der Waals surface area contributed by atoms with Crippen LogP contribution in [0.5, 0.6) is 11.6 Å². The van der Waals surface area contributed by atoms with E-state index in [-0.39, 0.29) is 0 Å². The third-order valence-electron chi connectivity index (χ3n) is 2.60. The van der Waals surface area contributed by atoms with Gasteiger partial charge in [0.15, 0.2) is 0 Å². The van der Waals surface area contributed by atoms with E-state index in [0.29, 0.717) is 17.3 Å². The predicted molar refractivity (Wildman–Crippen MR) is 72.7 cm³/mol. The Kier molecular flexibility index (Phi) is 2.86. The van der Waals surface area contributed by atoms with Crippen LogP contribution in [-0.2, 0) is 0 Å². The molecule has 3 rings (SSSR count). The molecule has 2 aromatic heterocycles. The minimum Gasteiger partial charge on any atom is -0.439 e. The molecule has 0 atom stereocenters. The Morgan fingerprint density at radius 2 is 2.00 bits per heavy atom. The van der Waals surface area contributed by atoms with Crippen LogP contribution >= 0.6 is 0 Å². The molecule has 0 fully saturated rings. The number of nitrogens with one attached hydrogen (secondary N) is 1. The molecular formula is C14H12N4O. The number of aromatic amines is 1. The van der Waals surface area contributed by atoms with Crippen molar-refractivity contribution < 1.29 is 4.74 Å². The zero-order valence-electron chi connectivity index (χ0n) is 10.1. The molecule has 0 radical (unpaired) electrons. The minimum absolute atomic E-state index is 0.477. The van der Waals surface area contributed by atoms with Crippen molar-refractivity contribution in [1.82, 2.24) is 15.0 Å². The highest BCUT2D eigenvalue weighted by Gasteiger charge is 2.04. The first kappa shape index (κ1) is 11.3. The lowest BCUT2D eigenvalue weighted by molar-refractivity contribution is 0.462. The highest BCUT2D eigenvalue weighted by molar-refractivity contribution is 5.55. The Balaban J connectivity index is 1.88. The number of aromatic nitrogens is 3. The van der Waals surface area contributed by atoms with Crippen molar-refractivity contribution in [1.29, 1.82) is 0 Å². The van der Waals surface area contributed by atoms with Crippen LogP contribution in [0.3, 0.4) is 0 Å². The van der Waals surface area contributed by atoms with Gasteiger partial charge in [0.25, 0.3) is 0 Å². The number of anilines is 1. The maximum Gasteiger partial charge on any atom is 0.222 e. The highest BCUT2D eigenvalue weighted by atomic mass is 16.5. The molecule has 0 unspecified atom stereocenters. The van der Waals surface area contributed by atoms with E-state index in [1.54, 1.807) is 18.2 Å². The van der Waals surface area contributed by atoms with Crippen LogP contribution in [0.1, 0.15) is 0 Å². The van der Waals surface area contributed by atoms with E-state index in [1.807, 2.05) is 30.5 Å². The molecule has 0 amide bonds. The van der Waals surface area contributed by atoms with Crippen LogP contribution in [-0.4, -0.2) is 15.0 Å².